The highest BCUT2D eigenvalue weighted by Gasteiger charge is 2.61. The van der Waals surface area contributed by atoms with Crippen molar-refractivity contribution in [3.63, 3.8) is 0 Å². The van der Waals surface area contributed by atoms with Crippen molar-refractivity contribution in [1.82, 2.24) is 0 Å². The minimum atomic E-state index is -0.0149. The van der Waals surface area contributed by atoms with Gasteiger partial charge in [0.05, 0.1) is 5.54 Å². The summed E-state index contributed by atoms with van der Waals surface area (Å²) < 4.78 is 2.67. The molecule has 1 fully saturated rings. The molecule has 2 unspecified atom stereocenters. The molecule has 362 valence electrons. The molecule has 72 heavy (non-hydrogen) atoms. The van der Waals surface area contributed by atoms with Crippen molar-refractivity contribution in [1.29, 1.82) is 0 Å². The molecule has 0 radical (unpaired) electrons. The average Bonchev–Trinajstić information content (AvgIpc) is 3.83. The zero-order valence-corrected chi connectivity index (χ0v) is 45.4. The van der Waals surface area contributed by atoms with Crippen LogP contribution in [0, 0.1) is 6.92 Å². The van der Waals surface area contributed by atoms with Gasteiger partial charge in [-0.1, -0.05) is 136 Å². The van der Waals surface area contributed by atoms with Crippen LogP contribution in [0.15, 0.2) is 127 Å². The van der Waals surface area contributed by atoms with Crippen molar-refractivity contribution in [2.45, 2.75) is 160 Å². The number of benzene rings is 7. The monoisotopic (exact) mass is 960 g/mol. The topological polar surface area (TPSA) is 9.72 Å². The molecule has 0 amide bonds. The Hall–Kier alpha value is -5.78. The molecule has 6 aliphatic rings. The van der Waals surface area contributed by atoms with Crippen LogP contribution in [0.1, 0.15) is 154 Å². The van der Waals surface area contributed by atoms with Gasteiger partial charge in [-0.15, -0.1) is 11.3 Å². The first kappa shape index (κ1) is 44.9. The van der Waals surface area contributed by atoms with Crippen molar-refractivity contribution in [2.24, 2.45) is 0 Å². The molecule has 0 N–H and O–H groups in total. The Bertz CT molecular complexity index is 3570. The van der Waals surface area contributed by atoms with Gasteiger partial charge >= 0.3 is 0 Å². The Labute approximate surface area is 433 Å². The van der Waals surface area contributed by atoms with E-state index in [-0.39, 0.29) is 39.3 Å². The highest BCUT2D eigenvalue weighted by molar-refractivity contribution is 7.25. The van der Waals surface area contributed by atoms with E-state index < -0.39 is 0 Å². The van der Waals surface area contributed by atoms with Gasteiger partial charge in [-0.05, 0) is 191 Å². The fourth-order valence-corrected chi connectivity index (χ4v) is 16.7. The number of hydrogen-bond acceptors (Lipinski definition) is 4. The van der Waals surface area contributed by atoms with Gasteiger partial charge in [0.15, 0.2) is 0 Å². The third kappa shape index (κ3) is 5.98. The summed E-state index contributed by atoms with van der Waals surface area (Å²) in [6, 6.07) is 51.3. The van der Waals surface area contributed by atoms with Crippen molar-refractivity contribution >= 4 is 100 Å². The number of thiophene rings is 1. The van der Waals surface area contributed by atoms with Gasteiger partial charge in [0.25, 0.3) is 6.71 Å². The Kier molecular flexibility index (Phi) is 9.17. The van der Waals surface area contributed by atoms with Gasteiger partial charge in [0, 0.05) is 71.1 Å². The number of aryl methyl sites for hydroxylation is 1. The number of rotatable bonds is 4. The van der Waals surface area contributed by atoms with Crippen LogP contribution in [-0.4, -0.2) is 12.3 Å². The molecular weight excluding hydrogens is 890 g/mol. The fraction of sp³-hybridized carbons (Fsp3) is 0.373. The number of hydrogen-bond donors (Lipinski definition) is 0. The molecule has 4 heterocycles. The summed E-state index contributed by atoms with van der Waals surface area (Å²) in [6.45, 7) is 27.3. The van der Waals surface area contributed by atoms with Crippen molar-refractivity contribution in [2.75, 3.05) is 14.7 Å². The van der Waals surface area contributed by atoms with E-state index in [2.05, 4.69) is 218 Å². The Morgan fingerprint density at radius 2 is 1.07 bits per heavy atom. The lowest BCUT2D eigenvalue weighted by atomic mass is 9.33. The summed E-state index contributed by atoms with van der Waals surface area (Å²) in [5.41, 5.74) is 23.9. The van der Waals surface area contributed by atoms with Crippen molar-refractivity contribution < 1.29 is 0 Å². The second-order valence-corrected chi connectivity index (χ2v) is 27.3. The molecule has 14 rings (SSSR count). The molecule has 1 saturated carbocycles. The zero-order chi connectivity index (χ0) is 49.6. The van der Waals surface area contributed by atoms with E-state index >= 15 is 0 Å². The first-order chi connectivity index (χ1) is 34.3. The molecule has 8 aromatic rings. The van der Waals surface area contributed by atoms with E-state index in [4.69, 9.17) is 0 Å². The van der Waals surface area contributed by atoms with Crippen LogP contribution in [0.3, 0.4) is 0 Å². The summed E-state index contributed by atoms with van der Waals surface area (Å²) in [5, 5.41) is 2.67. The van der Waals surface area contributed by atoms with E-state index in [1.165, 1.54) is 161 Å². The van der Waals surface area contributed by atoms with Crippen LogP contribution in [0.25, 0.3) is 20.2 Å². The lowest BCUT2D eigenvalue weighted by Gasteiger charge is -2.53. The molecule has 0 saturated heterocycles. The number of fused-ring (bicyclic) bond motifs is 12. The SMILES string of the molecule is Cc1cc2c3c(c1)N1c4c(cccc4C4(C)CCCCC14C)B3c1ccc(N(c3ccc4c(c3)C(C)(C)CCC4(C)C)c3ccc4c(c3)C(C)(C)CCC4(C)C)cc1N2c1ccc2c(c1)sc1ccccc12. The van der Waals surface area contributed by atoms with Gasteiger partial charge in [-0.25, -0.2) is 0 Å². The van der Waals surface area contributed by atoms with Crippen LogP contribution in [0.4, 0.5) is 45.5 Å². The van der Waals surface area contributed by atoms with Gasteiger partial charge < -0.3 is 14.7 Å². The predicted molar refractivity (Wildman–Crippen MR) is 311 cm³/mol. The van der Waals surface area contributed by atoms with Crippen molar-refractivity contribution in [3.05, 3.63) is 161 Å². The molecule has 7 aromatic carbocycles. The third-order valence-electron chi connectivity index (χ3n) is 20.2. The molecular formula is C67H70BN3S. The summed E-state index contributed by atoms with van der Waals surface area (Å²) in [4.78, 5) is 8.16. The van der Waals surface area contributed by atoms with E-state index in [1.807, 2.05) is 11.3 Å². The maximum atomic E-state index is 2.87. The Morgan fingerprint density at radius 3 is 1.76 bits per heavy atom. The molecule has 5 heteroatoms. The smallest absolute Gasteiger partial charge is 0.252 e. The van der Waals surface area contributed by atoms with E-state index in [1.54, 1.807) is 5.56 Å². The minimum absolute atomic E-state index is 0.0149. The molecule has 3 nitrogen and oxygen atoms in total. The van der Waals surface area contributed by atoms with Crippen LogP contribution < -0.4 is 31.1 Å². The van der Waals surface area contributed by atoms with Gasteiger partial charge in [-0.2, -0.15) is 0 Å². The maximum Gasteiger partial charge on any atom is 0.252 e. The second-order valence-electron chi connectivity index (χ2n) is 26.2. The summed E-state index contributed by atoms with van der Waals surface area (Å²) >= 11 is 1.92. The lowest BCUT2D eigenvalue weighted by Crippen LogP contribution is -2.64. The fourth-order valence-electron chi connectivity index (χ4n) is 15.6. The highest BCUT2D eigenvalue weighted by Crippen LogP contribution is 2.62. The van der Waals surface area contributed by atoms with Crippen LogP contribution in [0.5, 0.6) is 0 Å². The molecule has 3 aliphatic heterocycles. The first-order valence-corrected chi connectivity index (χ1v) is 28.2. The van der Waals surface area contributed by atoms with E-state index in [0.29, 0.717) is 0 Å². The summed E-state index contributed by atoms with van der Waals surface area (Å²) in [7, 11) is 0. The standard InChI is InChI=1S/C67H70BN3S/c1-41-35-56-60-57(36-41)71-61-50(66(10)29-14-15-30-67(66,71)11)18-16-19-54(61)68(60)53-28-24-44(39-55(53)70(56)45-21-25-47-46-17-12-13-20-58(46)72-59(47)40-45)69(42-22-26-48-51(37-42)64(6,7)33-31-62(48,2)3)43-23-27-49-52(38-43)65(8,9)34-32-63(49,4)5/h12-13,16-28,35-40H,14-15,29-34H2,1-11H3. The largest absolute Gasteiger partial charge is 0.335 e. The number of anilines is 8. The zero-order valence-electron chi connectivity index (χ0n) is 44.6. The minimum Gasteiger partial charge on any atom is -0.335 e. The summed E-state index contributed by atoms with van der Waals surface area (Å²) in [5.74, 6) is 0. The molecule has 0 bridgehead atoms. The quantitative estimate of drug-likeness (QED) is 0.163. The summed E-state index contributed by atoms with van der Waals surface area (Å²) in [6.07, 6.45) is 9.73. The third-order valence-corrected chi connectivity index (χ3v) is 21.3. The van der Waals surface area contributed by atoms with Crippen LogP contribution in [-0.2, 0) is 27.1 Å². The van der Waals surface area contributed by atoms with Gasteiger partial charge in [0.1, 0.15) is 0 Å². The predicted octanol–water partition coefficient (Wildman–Crippen LogP) is 16.9. The van der Waals surface area contributed by atoms with Gasteiger partial charge in [0.2, 0.25) is 0 Å². The molecule has 1 aromatic heterocycles. The first-order valence-electron chi connectivity index (χ1n) is 27.3. The molecule has 2 atom stereocenters. The number of nitrogens with zero attached hydrogens (tertiary/aromatic N) is 3. The Balaban J connectivity index is 1.05. The molecule has 3 aliphatic carbocycles. The Morgan fingerprint density at radius 1 is 0.472 bits per heavy atom. The maximum absolute atomic E-state index is 2.87. The van der Waals surface area contributed by atoms with E-state index in [9.17, 15) is 0 Å². The van der Waals surface area contributed by atoms with Gasteiger partial charge in [-0.3, -0.25) is 0 Å². The van der Waals surface area contributed by atoms with E-state index in [0.717, 1.165) is 0 Å². The second kappa shape index (κ2) is 14.7. The highest BCUT2D eigenvalue weighted by atomic mass is 32.1. The lowest BCUT2D eigenvalue weighted by molar-refractivity contribution is 0.195. The van der Waals surface area contributed by atoms with Crippen LogP contribution in [0.2, 0.25) is 0 Å². The van der Waals surface area contributed by atoms with Crippen molar-refractivity contribution in [3.8, 4) is 0 Å². The average molecular weight is 960 g/mol. The number of para-hydroxylation sites is 1. The van der Waals surface area contributed by atoms with Crippen LogP contribution >= 0.6 is 11.3 Å². The molecule has 0 spiro atoms. The normalized spacial score (nSPS) is 23.2.